The second-order valence-corrected chi connectivity index (χ2v) is 3.70. The van der Waals surface area contributed by atoms with Gasteiger partial charge < -0.3 is 5.32 Å². The molecule has 0 aromatic carbocycles. The first-order valence-corrected chi connectivity index (χ1v) is 4.78. The quantitative estimate of drug-likeness (QED) is 0.839. The summed E-state index contributed by atoms with van der Waals surface area (Å²) in [5.41, 5.74) is 0. The van der Waals surface area contributed by atoms with Crippen molar-refractivity contribution in [1.82, 2.24) is 4.98 Å². The monoisotopic (exact) mass is 256 g/mol. The van der Waals surface area contributed by atoms with Gasteiger partial charge in [0.25, 0.3) is 0 Å². The van der Waals surface area contributed by atoms with Gasteiger partial charge in [-0.15, -0.1) is 0 Å². The van der Waals surface area contributed by atoms with Crippen LogP contribution in [0.2, 0.25) is 0 Å². The molecule has 0 spiro atoms. The summed E-state index contributed by atoms with van der Waals surface area (Å²) in [5, 5.41) is 2.51. The number of aromatic nitrogens is 1. The molecule has 5 heteroatoms. The molecule has 1 amide bonds. The van der Waals surface area contributed by atoms with E-state index in [2.05, 4.69) is 26.2 Å². The molecule has 1 aromatic heterocycles. The number of carbonyl (C=O) groups excluding carboxylic acids is 2. The van der Waals surface area contributed by atoms with E-state index in [1.54, 1.807) is 18.3 Å². The topological polar surface area (TPSA) is 59.1 Å². The van der Waals surface area contributed by atoms with E-state index in [4.69, 9.17) is 0 Å². The first kappa shape index (κ1) is 10.8. The Labute approximate surface area is 89.9 Å². The number of pyridine rings is 1. The average Bonchev–Trinajstić information content (AvgIpc) is 2.01. The minimum Gasteiger partial charge on any atom is -0.310 e. The molecule has 1 aromatic rings. The van der Waals surface area contributed by atoms with Crippen molar-refractivity contribution in [3.63, 3.8) is 0 Å². The number of nitrogens with one attached hydrogen (secondary N) is 1. The Hall–Kier alpha value is -1.23. The molecule has 0 radical (unpaired) electrons. The van der Waals surface area contributed by atoms with Crippen molar-refractivity contribution in [3.05, 3.63) is 22.8 Å². The zero-order valence-electron chi connectivity index (χ0n) is 7.58. The summed E-state index contributed by atoms with van der Waals surface area (Å²) in [5.74, 6) is -0.0776. The standard InChI is InChI=1S/C9H9BrN2O2/c1-6(13)4-9(14)12-8-5-7(10)2-3-11-8/h2-3,5H,4H2,1H3,(H,11,12,14). The number of halogens is 1. The molecule has 0 aliphatic carbocycles. The number of Topliss-reactive ketones (excluding diaryl/α,β-unsaturated/α-hetero) is 1. The van der Waals surface area contributed by atoms with E-state index in [1.165, 1.54) is 6.92 Å². The lowest BCUT2D eigenvalue weighted by Crippen LogP contribution is -2.15. The third kappa shape index (κ3) is 3.66. The van der Waals surface area contributed by atoms with Crippen molar-refractivity contribution in [1.29, 1.82) is 0 Å². The van der Waals surface area contributed by atoms with E-state index in [0.29, 0.717) is 5.82 Å². The maximum Gasteiger partial charge on any atom is 0.232 e. The van der Waals surface area contributed by atoms with Gasteiger partial charge in [-0.1, -0.05) is 15.9 Å². The molecule has 0 bridgehead atoms. The van der Waals surface area contributed by atoms with E-state index < -0.39 is 0 Å². The largest absolute Gasteiger partial charge is 0.310 e. The Kier molecular flexibility index (Phi) is 3.76. The van der Waals surface area contributed by atoms with Crippen molar-refractivity contribution in [2.24, 2.45) is 0 Å². The number of rotatable bonds is 3. The molecular weight excluding hydrogens is 248 g/mol. The van der Waals surface area contributed by atoms with Gasteiger partial charge in [0.1, 0.15) is 11.6 Å². The highest BCUT2D eigenvalue weighted by Gasteiger charge is 2.05. The van der Waals surface area contributed by atoms with Crippen LogP contribution >= 0.6 is 15.9 Å². The third-order valence-electron chi connectivity index (χ3n) is 1.40. The molecule has 1 rings (SSSR count). The van der Waals surface area contributed by atoms with Gasteiger partial charge in [-0.05, 0) is 19.1 Å². The van der Waals surface area contributed by atoms with Crippen molar-refractivity contribution in [2.45, 2.75) is 13.3 Å². The summed E-state index contributed by atoms with van der Waals surface area (Å²) in [4.78, 5) is 25.7. The van der Waals surface area contributed by atoms with E-state index in [0.717, 1.165) is 4.47 Å². The summed E-state index contributed by atoms with van der Waals surface area (Å²) >= 11 is 3.24. The molecular formula is C9H9BrN2O2. The van der Waals surface area contributed by atoms with Crippen LogP contribution in [-0.4, -0.2) is 16.7 Å². The smallest absolute Gasteiger partial charge is 0.232 e. The number of hydrogen-bond donors (Lipinski definition) is 1. The predicted octanol–water partition coefficient (Wildman–Crippen LogP) is 1.76. The Morgan fingerprint density at radius 2 is 2.29 bits per heavy atom. The van der Waals surface area contributed by atoms with Gasteiger partial charge in [0.15, 0.2) is 0 Å². The Balaban J connectivity index is 2.60. The lowest BCUT2D eigenvalue weighted by Gasteiger charge is -2.02. The van der Waals surface area contributed by atoms with Gasteiger partial charge in [-0.25, -0.2) is 4.98 Å². The molecule has 0 fully saturated rings. The van der Waals surface area contributed by atoms with Crippen molar-refractivity contribution in [3.8, 4) is 0 Å². The van der Waals surface area contributed by atoms with Crippen LogP contribution in [0.25, 0.3) is 0 Å². The summed E-state index contributed by atoms with van der Waals surface area (Å²) in [6.07, 6.45) is 1.45. The third-order valence-corrected chi connectivity index (χ3v) is 1.89. The zero-order chi connectivity index (χ0) is 10.6. The molecule has 1 N–H and O–H groups in total. The summed E-state index contributed by atoms with van der Waals surface area (Å²) < 4.78 is 0.825. The van der Waals surface area contributed by atoms with Gasteiger partial charge in [-0.2, -0.15) is 0 Å². The first-order chi connectivity index (χ1) is 6.58. The maximum atomic E-state index is 11.1. The van der Waals surface area contributed by atoms with Crippen LogP contribution in [-0.2, 0) is 9.59 Å². The van der Waals surface area contributed by atoms with Crippen molar-refractivity contribution >= 4 is 33.4 Å². The molecule has 0 saturated carbocycles. The Morgan fingerprint density at radius 1 is 1.57 bits per heavy atom. The van der Waals surface area contributed by atoms with Gasteiger partial charge in [0.05, 0.1) is 6.42 Å². The second-order valence-electron chi connectivity index (χ2n) is 2.79. The highest BCUT2D eigenvalue weighted by atomic mass is 79.9. The Bertz CT molecular complexity index is 366. The maximum absolute atomic E-state index is 11.1. The number of nitrogens with zero attached hydrogens (tertiary/aromatic N) is 1. The minimum atomic E-state index is -0.344. The summed E-state index contributed by atoms with van der Waals surface area (Å²) in [6.45, 7) is 1.37. The van der Waals surface area contributed by atoms with Gasteiger partial charge in [0, 0.05) is 10.7 Å². The van der Waals surface area contributed by atoms with E-state index >= 15 is 0 Å². The molecule has 0 aliphatic heterocycles. The molecule has 0 saturated heterocycles. The van der Waals surface area contributed by atoms with Gasteiger partial charge >= 0.3 is 0 Å². The van der Waals surface area contributed by atoms with E-state index in [-0.39, 0.29) is 18.1 Å². The highest BCUT2D eigenvalue weighted by molar-refractivity contribution is 9.10. The first-order valence-electron chi connectivity index (χ1n) is 3.99. The van der Waals surface area contributed by atoms with Crippen LogP contribution in [0.5, 0.6) is 0 Å². The van der Waals surface area contributed by atoms with E-state index in [1.807, 2.05) is 0 Å². The summed E-state index contributed by atoms with van der Waals surface area (Å²) in [6, 6.07) is 3.42. The van der Waals surface area contributed by atoms with E-state index in [9.17, 15) is 9.59 Å². The minimum absolute atomic E-state index is 0.117. The van der Waals surface area contributed by atoms with Crippen LogP contribution < -0.4 is 5.32 Å². The fraction of sp³-hybridized carbons (Fsp3) is 0.222. The number of anilines is 1. The van der Waals surface area contributed by atoms with Crippen molar-refractivity contribution in [2.75, 3.05) is 5.32 Å². The van der Waals surface area contributed by atoms with Crippen LogP contribution in [0.15, 0.2) is 22.8 Å². The van der Waals surface area contributed by atoms with Crippen LogP contribution in [0.3, 0.4) is 0 Å². The molecule has 0 atom stereocenters. The Morgan fingerprint density at radius 3 is 2.86 bits per heavy atom. The number of hydrogen-bond acceptors (Lipinski definition) is 3. The highest BCUT2D eigenvalue weighted by Crippen LogP contribution is 2.12. The fourth-order valence-corrected chi connectivity index (χ4v) is 1.22. The number of carbonyl (C=O) groups is 2. The summed E-state index contributed by atoms with van der Waals surface area (Å²) in [7, 11) is 0. The molecule has 74 valence electrons. The van der Waals surface area contributed by atoms with Crippen LogP contribution in [0, 0.1) is 0 Å². The van der Waals surface area contributed by atoms with Crippen LogP contribution in [0.4, 0.5) is 5.82 Å². The average molecular weight is 257 g/mol. The molecule has 1 heterocycles. The predicted molar refractivity (Wildman–Crippen MR) is 55.9 cm³/mol. The fourth-order valence-electron chi connectivity index (χ4n) is 0.886. The van der Waals surface area contributed by atoms with Gasteiger partial charge in [0.2, 0.25) is 5.91 Å². The zero-order valence-corrected chi connectivity index (χ0v) is 9.17. The number of amides is 1. The molecule has 14 heavy (non-hydrogen) atoms. The second kappa shape index (κ2) is 4.85. The lowest BCUT2D eigenvalue weighted by molar-refractivity contribution is -0.124. The molecule has 0 aliphatic rings. The van der Waals surface area contributed by atoms with Crippen molar-refractivity contribution < 1.29 is 9.59 Å². The molecule has 4 nitrogen and oxygen atoms in total. The van der Waals surface area contributed by atoms with Crippen LogP contribution in [0.1, 0.15) is 13.3 Å². The number of ketones is 1. The lowest BCUT2D eigenvalue weighted by atomic mass is 10.3. The SMILES string of the molecule is CC(=O)CC(=O)Nc1cc(Br)ccn1. The normalized spacial score (nSPS) is 9.57. The van der Waals surface area contributed by atoms with Gasteiger partial charge in [-0.3, -0.25) is 9.59 Å². The molecule has 0 unspecified atom stereocenters.